The van der Waals surface area contributed by atoms with Crippen molar-refractivity contribution >= 4 is 10.9 Å². The van der Waals surface area contributed by atoms with Gasteiger partial charge in [-0.3, -0.25) is 4.98 Å². The lowest BCUT2D eigenvalue weighted by Crippen LogP contribution is -1.94. The molecule has 2 aromatic rings. The first-order valence-electron chi connectivity index (χ1n) is 5.79. The molecule has 0 amide bonds. The molecule has 15 heavy (non-hydrogen) atoms. The van der Waals surface area contributed by atoms with E-state index in [1.807, 2.05) is 6.20 Å². The molecule has 0 N–H and O–H groups in total. The maximum absolute atomic E-state index is 4.41. The molecule has 3 rings (SSSR count). The normalized spacial score (nSPS) is 17.3. The van der Waals surface area contributed by atoms with Crippen molar-refractivity contribution in [2.45, 2.75) is 31.6 Å². The highest BCUT2D eigenvalue weighted by molar-refractivity contribution is 5.82. The Hall–Kier alpha value is -1.37. The molecule has 0 aliphatic heterocycles. The lowest BCUT2D eigenvalue weighted by atomic mass is 9.94. The van der Waals surface area contributed by atoms with E-state index in [1.165, 1.54) is 36.6 Å². The maximum atomic E-state index is 4.41. The van der Waals surface area contributed by atoms with Crippen LogP contribution in [0.2, 0.25) is 0 Å². The van der Waals surface area contributed by atoms with Crippen molar-refractivity contribution < 1.29 is 0 Å². The van der Waals surface area contributed by atoms with Gasteiger partial charge in [0, 0.05) is 11.6 Å². The van der Waals surface area contributed by atoms with Crippen molar-refractivity contribution in [2.75, 3.05) is 0 Å². The van der Waals surface area contributed by atoms with Gasteiger partial charge in [-0.1, -0.05) is 31.0 Å². The largest absolute Gasteiger partial charge is 0.256 e. The average molecular weight is 197 g/mol. The predicted molar refractivity (Wildman–Crippen MR) is 63.0 cm³/mol. The Morgan fingerprint density at radius 2 is 1.80 bits per heavy atom. The number of pyridine rings is 1. The topological polar surface area (TPSA) is 12.9 Å². The zero-order valence-corrected chi connectivity index (χ0v) is 8.82. The summed E-state index contributed by atoms with van der Waals surface area (Å²) in [7, 11) is 0. The summed E-state index contributed by atoms with van der Waals surface area (Å²) in [6.45, 7) is 0. The lowest BCUT2D eigenvalue weighted by molar-refractivity contribution is 0.728. The van der Waals surface area contributed by atoms with Crippen molar-refractivity contribution in [1.29, 1.82) is 0 Å². The van der Waals surface area contributed by atoms with Crippen molar-refractivity contribution in [3.63, 3.8) is 0 Å². The monoisotopic (exact) mass is 197 g/mol. The molecule has 1 aromatic carbocycles. The fourth-order valence-electron chi connectivity index (χ4n) is 2.71. The highest BCUT2D eigenvalue weighted by Crippen LogP contribution is 2.36. The molecule has 1 aromatic heterocycles. The Bertz CT molecular complexity index is 464. The summed E-state index contributed by atoms with van der Waals surface area (Å²) in [5, 5.41) is 1.35. The zero-order valence-electron chi connectivity index (χ0n) is 8.82. The Labute approximate surface area is 90.2 Å². The first-order chi connectivity index (χ1) is 7.45. The van der Waals surface area contributed by atoms with Gasteiger partial charge in [0.15, 0.2) is 0 Å². The second-order valence-corrected chi connectivity index (χ2v) is 4.40. The molecule has 0 radical (unpaired) electrons. The Kier molecular flexibility index (Phi) is 2.17. The van der Waals surface area contributed by atoms with Gasteiger partial charge in [-0.05, 0) is 36.5 Å². The van der Waals surface area contributed by atoms with Crippen molar-refractivity contribution in [3.8, 4) is 0 Å². The molecule has 1 nitrogen and oxygen atoms in total. The second kappa shape index (κ2) is 3.65. The molecule has 1 saturated carbocycles. The molecule has 0 saturated heterocycles. The standard InChI is InChI=1S/C14H15N/c1-2-6-11(5-1)12-9-10-15-14-8-4-3-7-13(12)14/h3-4,7-11H,1-2,5-6H2. The van der Waals surface area contributed by atoms with Gasteiger partial charge in [0.1, 0.15) is 0 Å². The summed E-state index contributed by atoms with van der Waals surface area (Å²) in [6.07, 6.45) is 7.45. The van der Waals surface area contributed by atoms with Crippen LogP contribution in [0.3, 0.4) is 0 Å². The fraction of sp³-hybridized carbons (Fsp3) is 0.357. The van der Waals surface area contributed by atoms with E-state index in [1.54, 1.807) is 0 Å². The first kappa shape index (κ1) is 8.90. The van der Waals surface area contributed by atoms with Gasteiger partial charge < -0.3 is 0 Å². The third-order valence-corrected chi connectivity index (χ3v) is 3.48. The van der Waals surface area contributed by atoms with E-state index in [9.17, 15) is 0 Å². The maximum Gasteiger partial charge on any atom is 0.0704 e. The molecule has 76 valence electrons. The van der Waals surface area contributed by atoms with Crippen molar-refractivity contribution in [3.05, 3.63) is 42.1 Å². The molecular formula is C14H15N. The van der Waals surface area contributed by atoms with Crippen LogP contribution in [0.1, 0.15) is 37.2 Å². The molecule has 0 bridgehead atoms. The van der Waals surface area contributed by atoms with Gasteiger partial charge in [-0.15, -0.1) is 0 Å². The summed E-state index contributed by atoms with van der Waals surface area (Å²) in [5.41, 5.74) is 2.65. The molecule has 0 spiro atoms. The van der Waals surface area contributed by atoms with Crippen LogP contribution < -0.4 is 0 Å². The summed E-state index contributed by atoms with van der Waals surface area (Å²) in [4.78, 5) is 4.41. The van der Waals surface area contributed by atoms with Crippen LogP contribution in [0.5, 0.6) is 0 Å². The minimum Gasteiger partial charge on any atom is -0.256 e. The molecular weight excluding hydrogens is 182 g/mol. The van der Waals surface area contributed by atoms with Crippen molar-refractivity contribution in [1.82, 2.24) is 4.98 Å². The van der Waals surface area contributed by atoms with E-state index in [2.05, 4.69) is 35.3 Å². The van der Waals surface area contributed by atoms with Gasteiger partial charge in [0.05, 0.1) is 5.52 Å². The Morgan fingerprint density at radius 3 is 2.67 bits per heavy atom. The first-order valence-corrected chi connectivity index (χ1v) is 5.79. The number of hydrogen-bond donors (Lipinski definition) is 0. The molecule has 1 aliphatic carbocycles. The number of hydrogen-bond acceptors (Lipinski definition) is 1. The number of aromatic nitrogens is 1. The quantitative estimate of drug-likeness (QED) is 0.675. The minimum absolute atomic E-state index is 0.776. The molecule has 1 fully saturated rings. The summed E-state index contributed by atoms with van der Waals surface area (Å²) in [5.74, 6) is 0.776. The lowest BCUT2D eigenvalue weighted by Gasteiger charge is -2.11. The van der Waals surface area contributed by atoms with Crippen LogP contribution >= 0.6 is 0 Å². The van der Waals surface area contributed by atoms with E-state index < -0.39 is 0 Å². The van der Waals surface area contributed by atoms with E-state index in [0.717, 1.165) is 11.4 Å². The number of fused-ring (bicyclic) bond motifs is 1. The fourth-order valence-corrected chi connectivity index (χ4v) is 2.71. The minimum atomic E-state index is 0.776. The highest BCUT2D eigenvalue weighted by Gasteiger charge is 2.18. The Morgan fingerprint density at radius 1 is 1.00 bits per heavy atom. The van der Waals surface area contributed by atoms with Crippen LogP contribution in [0, 0.1) is 0 Å². The van der Waals surface area contributed by atoms with Crippen LogP contribution in [0.15, 0.2) is 36.5 Å². The number of rotatable bonds is 1. The molecule has 1 heterocycles. The molecule has 0 atom stereocenters. The second-order valence-electron chi connectivity index (χ2n) is 4.40. The third-order valence-electron chi connectivity index (χ3n) is 3.48. The van der Waals surface area contributed by atoms with Gasteiger partial charge in [-0.2, -0.15) is 0 Å². The summed E-state index contributed by atoms with van der Waals surface area (Å²) < 4.78 is 0. The van der Waals surface area contributed by atoms with Crippen LogP contribution in [0.25, 0.3) is 10.9 Å². The van der Waals surface area contributed by atoms with Gasteiger partial charge in [0.2, 0.25) is 0 Å². The molecule has 1 aliphatic rings. The highest BCUT2D eigenvalue weighted by atomic mass is 14.6. The van der Waals surface area contributed by atoms with Crippen LogP contribution in [-0.2, 0) is 0 Å². The van der Waals surface area contributed by atoms with Gasteiger partial charge >= 0.3 is 0 Å². The van der Waals surface area contributed by atoms with E-state index >= 15 is 0 Å². The van der Waals surface area contributed by atoms with Crippen LogP contribution in [-0.4, -0.2) is 4.98 Å². The van der Waals surface area contributed by atoms with E-state index in [4.69, 9.17) is 0 Å². The predicted octanol–water partition coefficient (Wildman–Crippen LogP) is 3.89. The molecule has 0 unspecified atom stereocenters. The Balaban J connectivity index is 2.16. The van der Waals surface area contributed by atoms with Crippen LogP contribution in [0.4, 0.5) is 0 Å². The third kappa shape index (κ3) is 1.52. The summed E-state index contributed by atoms with van der Waals surface area (Å²) in [6, 6.07) is 10.7. The zero-order chi connectivity index (χ0) is 10.1. The number of nitrogens with zero attached hydrogens (tertiary/aromatic N) is 1. The molecule has 1 heteroatoms. The SMILES string of the molecule is c1ccc2c(C3CCCC3)ccnc2c1. The van der Waals surface area contributed by atoms with Crippen molar-refractivity contribution in [2.24, 2.45) is 0 Å². The van der Waals surface area contributed by atoms with Gasteiger partial charge in [0.25, 0.3) is 0 Å². The number of benzene rings is 1. The van der Waals surface area contributed by atoms with E-state index in [-0.39, 0.29) is 0 Å². The van der Waals surface area contributed by atoms with Gasteiger partial charge in [-0.25, -0.2) is 0 Å². The number of para-hydroxylation sites is 1. The smallest absolute Gasteiger partial charge is 0.0704 e. The van der Waals surface area contributed by atoms with E-state index in [0.29, 0.717) is 0 Å². The summed E-state index contributed by atoms with van der Waals surface area (Å²) >= 11 is 0. The average Bonchev–Trinajstić information content (AvgIpc) is 2.82.